The number of hydrogen-bond donors (Lipinski definition) is 2. The van der Waals surface area contributed by atoms with Crippen LogP contribution in [0.2, 0.25) is 5.02 Å². The number of nitrogens with zero attached hydrogens (tertiary/aromatic N) is 3. The summed E-state index contributed by atoms with van der Waals surface area (Å²) in [5, 5.41) is 6.93. The Balaban J connectivity index is 1.69. The zero-order valence-electron chi connectivity index (χ0n) is 16.3. The van der Waals surface area contributed by atoms with E-state index in [1.165, 1.54) is 0 Å². The van der Waals surface area contributed by atoms with Crippen LogP contribution in [0.1, 0.15) is 30.9 Å². The Labute approximate surface area is 179 Å². The summed E-state index contributed by atoms with van der Waals surface area (Å²) in [7, 11) is 0. The first-order valence-electron chi connectivity index (χ1n) is 9.84. The van der Waals surface area contributed by atoms with E-state index < -0.39 is 12.0 Å². The van der Waals surface area contributed by atoms with Gasteiger partial charge in [-0.3, -0.25) is 20.1 Å². The van der Waals surface area contributed by atoms with Gasteiger partial charge in [-0.2, -0.15) is 4.98 Å². The van der Waals surface area contributed by atoms with Crippen molar-refractivity contribution in [3.63, 3.8) is 0 Å². The minimum absolute atomic E-state index is 0.110. The van der Waals surface area contributed by atoms with E-state index >= 15 is 0 Å². The number of nitrogens with one attached hydrogen (secondary N) is 2. The van der Waals surface area contributed by atoms with Crippen LogP contribution in [-0.4, -0.2) is 28.3 Å². The van der Waals surface area contributed by atoms with Crippen LogP contribution >= 0.6 is 11.6 Å². The summed E-state index contributed by atoms with van der Waals surface area (Å²) in [6, 6.07) is 9.17. The number of rotatable bonds is 3. The third-order valence-corrected chi connectivity index (χ3v) is 5.35. The van der Waals surface area contributed by atoms with Gasteiger partial charge in [-0.05, 0) is 36.6 Å². The summed E-state index contributed by atoms with van der Waals surface area (Å²) in [6.07, 6.45) is 6.91. The number of carbonyl (C=O) groups excluding carboxylic acids is 1. The van der Waals surface area contributed by atoms with Crippen molar-refractivity contribution < 1.29 is 9.21 Å². The first kappa shape index (κ1) is 20.1. The molecule has 8 heteroatoms. The van der Waals surface area contributed by atoms with Gasteiger partial charge >= 0.3 is 6.01 Å². The number of fused-ring (bicyclic) bond motifs is 1. The second kappa shape index (κ2) is 9.09. The van der Waals surface area contributed by atoms with E-state index in [1.807, 2.05) is 24.3 Å². The molecule has 4 rings (SSSR count). The number of oxazole rings is 1. The molecule has 0 saturated heterocycles. The van der Waals surface area contributed by atoms with Crippen LogP contribution in [0.25, 0.3) is 11.1 Å². The molecular formula is C22H22ClN5O2. The number of carbonyl (C=O) groups is 1. The SMILES string of the molecule is C=CC1C(=O)CCCCN=C(Nc2nc3ccccc3o2)NC1c1ccncc1Cl. The highest BCUT2D eigenvalue weighted by molar-refractivity contribution is 6.31. The molecule has 0 radical (unpaired) electrons. The maximum atomic E-state index is 12.9. The third-order valence-electron chi connectivity index (χ3n) is 5.04. The molecule has 0 fully saturated rings. The number of halogens is 1. The van der Waals surface area contributed by atoms with E-state index in [0.717, 1.165) is 23.9 Å². The molecule has 0 saturated carbocycles. The number of anilines is 1. The topological polar surface area (TPSA) is 92.4 Å². The molecule has 2 unspecified atom stereocenters. The summed E-state index contributed by atoms with van der Waals surface area (Å²) in [4.78, 5) is 26.0. The van der Waals surface area contributed by atoms with Crippen LogP contribution in [0.3, 0.4) is 0 Å². The molecule has 0 spiro atoms. The number of guanidine groups is 1. The fraction of sp³-hybridized carbons (Fsp3) is 0.273. The van der Waals surface area contributed by atoms with E-state index in [-0.39, 0.29) is 5.78 Å². The number of pyridine rings is 1. The van der Waals surface area contributed by atoms with Crippen LogP contribution in [0.15, 0.2) is 64.8 Å². The Bertz CT molecular complexity index is 1060. The Morgan fingerprint density at radius 3 is 2.93 bits per heavy atom. The Morgan fingerprint density at radius 2 is 2.13 bits per heavy atom. The average Bonchev–Trinajstić information content (AvgIpc) is 3.15. The van der Waals surface area contributed by atoms with Gasteiger partial charge in [0.25, 0.3) is 0 Å². The van der Waals surface area contributed by atoms with E-state index in [4.69, 9.17) is 16.0 Å². The number of Topliss-reactive ketones (excluding diaryl/α,β-unsaturated/α-hetero) is 1. The molecule has 3 heterocycles. The minimum Gasteiger partial charge on any atom is -0.423 e. The first-order valence-corrected chi connectivity index (χ1v) is 10.2. The van der Waals surface area contributed by atoms with Crippen molar-refractivity contribution in [3.05, 3.63) is 66.0 Å². The van der Waals surface area contributed by atoms with Gasteiger partial charge in [0.2, 0.25) is 0 Å². The van der Waals surface area contributed by atoms with E-state index in [9.17, 15) is 4.79 Å². The lowest BCUT2D eigenvalue weighted by Crippen LogP contribution is -2.40. The highest BCUT2D eigenvalue weighted by Gasteiger charge is 2.30. The van der Waals surface area contributed by atoms with Crippen molar-refractivity contribution in [1.29, 1.82) is 0 Å². The summed E-state index contributed by atoms with van der Waals surface area (Å²) in [5.74, 6) is 0.0955. The molecule has 154 valence electrons. The van der Waals surface area contributed by atoms with Crippen molar-refractivity contribution in [3.8, 4) is 0 Å². The maximum absolute atomic E-state index is 12.9. The lowest BCUT2D eigenvalue weighted by Gasteiger charge is -2.28. The zero-order chi connectivity index (χ0) is 20.9. The smallest absolute Gasteiger partial charge is 0.302 e. The minimum atomic E-state index is -0.473. The fourth-order valence-electron chi connectivity index (χ4n) is 3.52. The average molecular weight is 424 g/mol. The standard InChI is InChI=1S/C22H22ClN5O2/c1-2-14-18(29)8-5-6-11-25-21(27-20(14)15-10-12-24-13-16(15)23)28-22-26-17-7-3-4-9-19(17)30-22/h2-4,7,9-10,12-14,20H,1,5-6,8,11H2,(H2,25,26,27,28). The predicted molar refractivity (Wildman–Crippen MR) is 118 cm³/mol. The molecular weight excluding hydrogens is 402 g/mol. The molecule has 1 aliphatic rings. The molecule has 0 aliphatic carbocycles. The van der Waals surface area contributed by atoms with Gasteiger partial charge in [0, 0.05) is 25.4 Å². The molecule has 1 aromatic carbocycles. The van der Waals surface area contributed by atoms with Gasteiger partial charge in [-0.1, -0.05) is 29.8 Å². The van der Waals surface area contributed by atoms with Crippen molar-refractivity contribution in [2.75, 3.05) is 11.9 Å². The number of para-hydroxylation sites is 2. The number of benzene rings is 1. The van der Waals surface area contributed by atoms with Crippen LogP contribution in [0, 0.1) is 5.92 Å². The van der Waals surface area contributed by atoms with Crippen molar-refractivity contribution in [2.45, 2.75) is 25.3 Å². The fourth-order valence-corrected chi connectivity index (χ4v) is 3.75. The van der Waals surface area contributed by atoms with Crippen molar-refractivity contribution in [1.82, 2.24) is 15.3 Å². The van der Waals surface area contributed by atoms with Crippen molar-refractivity contribution >= 4 is 40.5 Å². The number of aliphatic imine (C=N–C) groups is 1. The van der Waals surface area contributed by atoms with Gasteiger partial charge < -0.3 is 9.73 Å². The van der Waals surface area contributed by atoms with Gasteiger partial charge in [0.15, 0.2) is 11.5 Å². The van der Waals surface area contributed by atoms with Gasteiger partial charge in [0.05, 0.1) is 17.0 Å². The van der Waals surface area contributed by atoms with Crippen LogP contribution in [0.5, 0.6) is 0 Å². The van der Waals surface area contributed by atoms with Gasteiger partial charge in [-0.15, -0.1) is 6.58 Å². The summed E-state index contributed by atoms with van der Waals surface area (Å²) >= 11 is 6.42. The molecule has 2 N–H and O–H groups in total. The number of ketones is 1. The molecule has 2 atom stereocenters. The van der Waals surface area contributed by atoms with E-state index in [0.29, 0.717) is 35.5 Å². The highest BCUT2D eigenvalue weighted by atomic mass is 35.5. The molecule has 0 bridgehead atoms. The van der Waals surface area contributed by atoms with Crippen LogP contribution < -0.4 is 10.6 Å². The summed E-state index contributed by atoms with van der Waals surface area (Å²) in [5.41, 5.74) is 2.17. The predicted octanol–water partition coefficient (Wildman–Crippen LogP) is 4.53. The van der Waals surface area contributed by atoms with Gasteiger partial charge in [-0.25, -0.2) is 0 Å². The zero-order valence-corrected chi connectivity index (χ0v) is 17.1. The monoisotopic (exact) mass is 423 g/mol. The second-order valence-corrected chi connectivity index (χ2v) is 7.45. The molecule has 3 aromatic rings. The Kier molecular flexibility index (Phi) is 6.09. The summed E-state index contributed by atoms with van der Waals surface area (Å²) in [6.45, 7) is 4.46. The maximum Gasteiger partial charge on any atom is 0.302 e. The second-order valence-electron chi connectivity index (χ2n) is 7.05. The molecule has 7 nitrogen and oxygen atoms in total. The Morgan fingerprint density at radius 1 is 1.27 bits per heavy atom. The highest BCUT2D eigenvalue weighted by Crippen LogP contribution is 2.31. The molecule has 0 amide bonds. The summed E-state index contributed by atoms with van der Waals surface area (Å²) < 4.78 is 5.77. The third kappa shape index (κ3) is 4.36. The number of aromatic nitrogens is 2. The largest absolute Gasteiger partial charge is 0.423 e. The lowest BCUT2D eigenvalue weighted by atomic mass is 9.87. The molecule has 30 heavy (non-hydrogen) atoms. The molecule has 1 aliphatic heterocycles. The van der Waals surface area contributed by atoms with Crippen molar-refractivity contribution in [2.24, 2.45) is 10.9 Å². The lowest BCUT2D eigenvalue weighted by molar-refractivity contribution is -0.122. The molecule has 2 aromatic heterocycles. The van der Waals surface area contributed by atoms with Crippen LogP contribution in [0.4, 0.5) is 6.01 Å². The van der Waals surface area contributed by atoms with Gasteiger partial charge in [0.1, 0.15) is 11.3 Å². The first-order chi connectivity index (χ1) is 14.7. The van der Waals surface area contributed by atoms with E-state index in [1.54, 1.807) is 24.5 Å². The quantitative estimate of drug-likeness (QED) is 0.601. The Hall–Kier alpha value is -3.19. The number of hydrogen-bond acceptors (Lipinski definition) is 7. The normalized spacial score (nSPS) is 20.3. The van der Waals surface area contributed by atoms with E-state index in [2.05, 4.69) is 32.2 Å². The van der Waals surface area contributed by atoms with Crippen LogP contribution in [-0.2, 0) is 4.79 Å².